The minimum absolute atomic E-state index is 0.0867. The summed E-state index contributed by atoms with van der Waals surface area (Å²) in [5, 5.41) is 15.3. The molecule has 0 saturated carbocycles. The molecule has 30 heavy (non-hydrogen) atoms. The zero-order chi connectivity index (χ0) is 22.1. The highest BCUT2D eigenvalue weighted by molar-refractivity contribution is 6.32. The number of alkyl halides is 3. The molecule has 1 amide bonds. The maximum absolute atomic E-state index is 13.4. The molecule has 10 heteroatoms. The van der Waals surface area contributed by atoms with Gasteiger partial charge in [-0.2, -0.15) is 23.5 Å². The third-order valence-electron chi connectivity index (χ3n) is 4.11. The van der Waals surface area contributed by atoms with E-state index < -0.39 is 28.8 Å². The summed E-state index contributed by atoms with van der Waals surface area (Å²) in [4.78, 5) is 24.8. The number of nitrogens with one attached hydrogen (secondary N) is 1. The van der Waals surface area contributed by atoms with Gasteiger partial charge in [0.2, 0.25) is 5.43 Å². The lowest BCUT2D eigenvalue weighted by Gasteiger charge is -2.16. The Bertz CT molecular complexity index is 1250. The predicted molar refractivity (Wildman–Crippen MR) is 104 cm³/mol. The van der Waals surface area contributed by atoms with Crippen LogP contribution >= 0.6 is 11.6 Å². The quantitative estimate of drug-likeness (QED) is 0.667. The van der Waals surface area contributed by atoms with Gasteiger partial charge in [-0.1, -0.05) is 23.7 Å². The standard InChI is InChI=1S/C20H12ClF3N4O2/c1-11-8-17(29)18(19(30)26-13-7-6-12(10-25)15(21)9-13)27-28(11)16-5-3-2-4-14(16)20(22,23)24/h2-9H,1H3,(H,26,30). The van der Waals surface area contributed by atoms with Gasteiger partial charge in [-0.3, -0.25) is 9.59 Å². The number of benzene rings is 2. The van der Waals surface area contributed by atoms with Crippen LogP contribution in [0.1, 0.15) is 27.3 Å². The smallest absolute Gasteiger partial charge is 0.320 e. The molecule has 0 saturated heterocycles. The number of anilines is 1. The molecule has 3 aromatic rings. The van der Waals surface area contributed by atoms with Gasteiger partial charge in [-0.25, -0.2) is 4.68 Å². The van der Waals surface area contributed by atoms with Gasteiger partial charge in [0.05, 0.1) is 21.8 Å². The number of carbonyl (C=O) groups excluding carboxylic acids is 1. The number of nitrogens with zero attached hydrogens (tertiary/aromatic N) is 3. The third kappa shape index (κ3) is 4.18. The van der Waals surface area contributed by atoms with Gasteiger partial charge < -0.3 is 5.32 Å². The molecule has 2 aromatic carbocycles. The van der Waals surface area contributed by atoms with E-state index in [2.05, 4.69) is 10.4 Å². The fourth-order valence-electron chi connectivity index (χ4n) is 2.72. The van der Waals surface area contributed by atoms with Crippen molar-refractivity contribution < 1.29 is 18.0 Å². The number of rotatable bonds is 3. The Balaban J connectivity index is 2.05. The summed E-state index contributed by atoms with van der Waals surface area (Å²) in [6.07, 6.45) is -4.66. The molecular weight excluding hydrogens is 421 g/mol. The summed E-state index contributed by atoms with van der Waals surface area (Å²) in [6, 6.07) is 11.7. The summed E-state index contributed by atoms with van der Waals surface area (Å²) in [7, 11) is 0. The van der Waals surface area contributed by atoms with Gasteiger partial charge in [-0.05, 0) is 37.3 Å². The first-order valence-electron chi connectivity index (χ1n) is 8.40. The van der Waals surface area contributed by atoms with Crippen molar-refractivity contribution in [1.29, 1.82) is 5.26 Å². The minimum Gasteiger partial charge on any atom is -0.320 e. The summed E-state index contributed by atoms with van der Waals surface area (Å²) in [5.74, 6) is -0.931. The van der Waals surface area contributed by atoms with Gasteiger partial charge >= 0.3 is 6.18 Å². The van der Waals surface area contributed by atoms with Gasteiger partial charge in [0.15, 0.2) is 5.69 Å². The number of hydrogen-bond acceptors (Lipinski definition) is 4. The summed E-state index contributed by atoms with van der Waals surface area (Å²) < 4.78 is 41.0. The number of nitriles is 1. The first kappa shape index (κ1) is 21.1. The van der Waals surface area contributed by atoms with Crippen LogP contribution in [0.5, 0.6) is 0 Å². The van der Waals surface area contributed by atoms with Crippen molar-refractivity contribution in [3.63, 3.8) is 0 Å². The van der Waals surface area contributed by atoms with Crippen LogP contribution in [0.15, 0.2) is 53.3 Å². The molecule has 152 valence electrons. The number of aromatic nitrogens is 2. The largest absolute Gasteiger partial charge is 0.418 e. The molecule has 0 radical (unpaired) electrons. The van der Waals surface area contributed by atoms with Crippen molar-refractivity contribution in [3.05, 3.63) is 86.3 Å². The molecule has 1 aromatic heterocycles. The lowest BCUT2D eigenvalue weighted by molar-refractivity contribution is -0.137. The van der Waals surface area contributed by atoms with Crippen LogP contribution < -0.4 is 10.7 Å². The Kier molecular flexibility index (Phi) is 5.62. The first-order valence-corrected chi connectivity index (χ1v) is 8.78. The highest BCUT2D eigenvalue weighted by Crippen LogP contribution is 2.33. The molecule has 6 nitrogen and oxygen atoms in total. The van der Waals surface area contributed by atoms with Crippen molar-refractivity contribution in [3.8, 4) is 11.8 Å². The van der Waals surface area contributed by atoms with E-state index in [9.17, 15) is 22.8 Å². The molecule has 0 spiro atoms. The molecular formula is C20H12ClF3N4O2. The average Bonchev–Trinajstić information content (AvgIpc) is 2.67. The van der Waals surface area contributed by atoms with Crippen LogP contribution in [0.25, 0.3) is 5.69 Å². The van der Waals surface area contributed by atoms with Crippen molar-refractivity contribution in [2.24, 2.45) is 0 Å². The van der Waals surface area contributed by atoms with Crippen LogP contribution in [0.2, 0.25) is 5.02 Å². The third-order valence-corrected chi connectivity index (χ3v) is 4.42. The van der Waals surface area contributed by atoms with Crippen LogP contribution in [0.4, 0.5) is 18.9 Å². The molecule has 0 unspecified atom stereocenters. The van der Waals surface area contributed by atoms with E-state index >= 15 is 0 Å². The second kappa shape index (κ2) is 8.00. The lowest BCUT2D eigenvalue weighted by Crippen LogP contribution is -2.27. The minimum atomic E-state index is -4.66. The normalized spacial score (nSPS) is 11.1. The second-order valence-electron chi connectivity index (χ2n) is 6.19. The number of para-hydroxylation sites is 1. The van der Waals surface area contributed by atoms with Crippen LogP contribution in [0, 0.1) is 18.3 Å². The molecule has 1 N–H and O–H groups in total. The number of hydrogen-bond donors (Lipinski definition) is 1. The topological polar surface area (TPSA) is 87.8 Å². The zero-order valence-corrected chi connectivity index (χ0v) is 16.0. The summed E-state index contributed by atoms with van der Waals surface area (Å²) in [6.45, 7) is 1.41. The van der Waals surface area contributed by atoms with Gasteiger partial charge in [-0.15, -0.1) is 0 Å². The predicted octanol–water partition coefficient (Wildman–Crippen LogP) is 4.34. The van der Waals surface area contributed by atoms with Crippen molar-refractivity contribution in [2.75, 3.05) is 5.32 Å². The van der Waals surface area contributed by atoms with E-state index in [-0.39, 0.29) is 27.7 Å². The highest BCUT2D eigenvalue weighted by atomic mass is 35.5. The fraction of sp³-hybridized carbons (Fsp3) is 0.100. The summed E-state index contributed by atoms with van der Waals surface area (Å²) in [5.41, 5.74) is -2.15. The number of amides is 1. The Morgan fingerprint density at radius 1 is 1.20 bits per heavy atom. The molecule has 0 aliphatic carbocycles. The molecule has 0 aliphatic rings. The number of carbonyl (C=O) groups is 1. The Morgan fingerprint density at radius 2 is 1.90 bits per heavy atom. The molecule has 1 heterocycles. The lowest BCUT2D eigenvalue weighted by atomic mass is 10.1. The monoisotopic (exact) mass is 432 g/mol. The van der Waals surface area contributed by atoms with E-state index in [1.165, 1.54) is 43.3 Å². The fourth-order valence-corrected chi connectivity index (χ4v) is 2.94. The molecule has 0 atom stereocenters. The van der Waals surface area contributed by atoms with Gasteiger partial charge in [0.25, 0.3) is 5.91 Å². The van der Waals surface area contributed by atoms with Crippen molar-refractivity contribution in [1.82, 2.24) is 9.78 Å². The second-order valence-corrected chi connectivity index (χ2v) is 6.59. The SMILES string of the molecule is Cc1cc(=O)c(C(=O)Nc2ccc(C#N)c(Cl)c2)nn1-c1ccccc1C(F)(F)F. The maximum atomic E-state index is 13.4. The molecule has 0 aliphatic heterocycles. The van der Waals surface area contributed by atoms with E-state index in [4.69, 9.17) is 16.9 Å². The number of halogens is 4. The van der Waals surface area contributed by atoms with Crippen molar-refractivity contribution >= 4 is 23.2 Å². The molecule has 0 fully saturated rings. The molecule has 0 bridgehead atoms. The maximum Gasteiger partial charge on any atom is 0.418 e. The Morgan fingerprint density at radius 3 is 2.53 bits per heavy atom. The van der Waals surface area contributed by atoms with Crippen LogP contribution in [0.3, 0.4) is 0 Å². The number of aryl methyl sites for hydroxylation is 1. The Hall–Kier alpha value is -3.64. The van der Waals surface area contributed by atoms with E-state index in [0.717, 1.165) is 16.8 Å². The van der Waals surface area contributed by atoms with Gasteiger partial charge in [0, 0.05) is 17.4 Å². The van der Waals surface area contributed by atoms with E-state index in [0.29, 0.717) is 0 Å². The van der Waals surface area contributed by atoms with Crippen LogP contribution in [-0.2, 0) is 6.18 Å². The highest BCUT2D eigenvalue weighted by Gasteiger charge is 2.34. The molecule has 3 rings (SSSR count). The summed E-state index contributed by atoms with van der Waals surface area (Å²) >= 11 is 5.91. The van der Waals surface area contributed by atoms with E-state index in [1.54, 1.807) is 0 Å². The zero-order valence-electron chi connectivity index (χ0n) is 15.3. The van der Waals surface area contributed by atoms with E-state index in [1.807, 2.05) is 6.07 Å². The van der Waals surface area contributed by atoms with Crippen molar-refractivity contribution in [2.45, 2.75) is 13.1 Å². The van der Waals surface area contributed by atoms with Crippen LogP contribution in [-0.4, -0.2) is 15.7 Å². The Labute approximate surface area is 173 Å². The average molecular weight is 433 g/mol. The van der Waals surface area contributed by atoms with Gasteiger partial charge in [0.1, 0.15) is 6.07 Å². The first-order chi connectivity index (χ1) is 14.1.